The number of allylic oxidation sites excluding steroid dienone is 5. The molecule has 0 spiro atoms. The van der Waals surface area contributed by atoms with E-state index in [9.17, 15) is 4.79 Å². The van der Waals surface area contributed by atoms with Gasteiger partial charge in [0.15, 0.2) is 0 Å². The van der Waals surface area contributed by atoms with E-state index >= 15 is 0 Å². The number of hydrogen-bond donors (Lipinski definition) is 4. The standard InChI is InChI=1S/C26H28N6O/c1-15(2)10-18(11-16(3)31-26(33)17-6-4-7-17)19-12-20(25(28)30-14-19)24(27)23-13-22-21(32-23)8-5-9-29-22/h5,8-14,17,27,32H,1,4,6-7H2,2-3H3,(H2,28,30)(H,31,33)/b16-11+,18-10+,27-24?. The lowest BCUT2D eigenvalue weighted by molar-refractivity contribution is -0.126. The molecule has 168 valence electrons. The van der Waals surface area contributed by atoms with Crippen molar-refractivity contribution in [2.75, 3.05) is 5.73 Å². The Hall–Kier alpha value is -4.00. The van der Waals surface area contributed by atoms with E-state index in [0.29, 0.717) is 11.3 Å². The van der Waals surface area contributed by atoms with Gasteiger partial charge >= 0.3 is 0 Å². The van der Waals surface area contributed by atoms with Crippen molar-refractivity contribution in [3.05, 3.63) is 83.5 Å². The van der Waals surface area contributed by atoms with Crippen molar-refractivity contribution in [2.45, 2.75) is 33.1 Å². The summed E-state index contributed by atoms with van der Waals surface area (Å²) in [4.78, 5) is 24.2. The molecule has 1 aliphatic carbocycles. The first-order valence-electron chi connectivity index (χ1n) is 11.0. The zero-order valence-electron chi connectivity index (χ0n) is 18.9. The van der Waals surface area contributed by atoms with Crippen molar-refractivity contribution < 1.29 is 4.79 Å². The Labute approximate surface area is 193 Å². The van der Waals surface area contributed by atoms with Crippen molar-refractivity contribution in [2.24, 2.45) is 5.92 Å². The number of rotatable bonds is 7. The molecule has 1 amide bonds. The van der Waals surface area contributed by atoms with Crippen molar-refractivity contribution in [1.29, 1.82) is 5.41 Å². The van der Waals surface area contributed by atoms with Gasteiger partial charge in [0, 0.05) is 35.1 Å². The number of nitrogens with one attached hydrogen (secondary N) is 3. The zero-order valence-corrected chi connectivity index (χ0v) is 18.9. The molecule has 1 saturated carbocycles. The predicted molar refractivity (Wildman–Crippen MR) is 133 cm³/mol. The maximum absolute atomic E-state index is 12.3. The minimum Gasteiger partial charge on any atom is -0.383 e. The second-order valence-corrected chi connectivity index (χ2v) is 8.54. The van der Waals surface area contributed by atoms with Gasteiger partial charge in [-0.3, -0.25) is 15.2 Å². The largest absolute Gasteiger partial charge is 0.383 e. The first kappa shape index (κ1) is 22.2. The highest BCUT2D eigenvalue weighted by molar-refractivity contribution is 6.14. The normalized spacial score (nSPS) is 14.7. The van der Waals surface area contributed by atoms with Crippen molar-refractivity contribution in [3.63, 3.8) is 0 Å². The summed E-state index contributed by atoms with van der Waals surface area (Å²) < 4.78 is 0. The average molecular weight is 441 g/mol. The number of carbonyl (C=O) groups is 1. The zero-order chi connectivity index (χ0) is 23.5. The Kier molecular flexibility index (Phi) is 6.22. The van der Waals surface area contributed by atoms with E-state index in [1.165, 1.54) is 0 Å². The van der Waals surface area contributed by atoms with Gasteiger partial charge < -0.3 is 16.0 Å². The minimum atomic E-state index is 0.0648. The fourth-order valence-electron chi connectivity index (χ4n) is 3.78. The monoisotopic (exact) mass is 440 g/mol. The van der Waals surface area contributed by atoms with Crippen LogP contribution in [0.2, 0.25) is 0 Å². The molecule has 0 aliphatic heterocycles. The predicted octanol–water partition coefficient (Wildman–Crippen LogP) is 4.74. The first-order valence-corrected chi connectivity index (χ1v) is 11.0. The minimum absolute atomic E-state index is 0.0648. The van der Waals surface area contributed by atoms with Gasteiger partial charge in [-0.25, -0.2) is 4.98 Å². The molecular weight excluding hydrogens is 412 g/mol. The van der Waals surface area contributed by atoms with E-state index in [1.54, 1.807) is 12.4 Å². The van der Waals surface area contributed by atoms with Gasteiger partial charge in [0.25, 0.3) is 0 Å². The Morgan fingerprint density at radius 1 is 1.27 bits per heavy atom. The van der Waals surface area contributed by atoms with E-state index in [-0.39, 0.29) is 23.4 Å². The van der Waals surface area contributed by atoms with Crippen LogP contribution >= 0.6 is 0 Å². The van der Waals surface area contributed by atoms with Gasteiger partial charge in [0.2, 0.25) is 5.91 Å². The molecule has 0 atom stereocenters. The number of anilines is 1. The van der Waals surface area contributed by atoms with E-state index in [2.05, 4.69) is 26.8 Å². The van der Waals surface area contributed by atoms with Gasteiger partial charge in [0.05, 0.1) is 22.4 Å². The molecule has 1 fully saturated rings. The number of amides is 1. The number of hydrogen-bond acceptors (Lipinski definition) is 5. The Bertz CT molecular complexity index is 1280. The summed E-state index contributed by atoms with van der Waals surface area (Å²) in [5, 5.41) is 11.7. The third-order valence-electron chi connectivity index (χ3n) is 5.75. The summed E-state index contributed by atoms with van der Waals surface area (Å²) >= 11 is 0. The number of nitrogen functional groups attached to an aromatic ring is 1. The van der Waals surface area contributed by atoms with Gasteiger partial charge in [-0.15, -0.1) is 0 Å². The fourth-order valence-corrected chi connectivity index (χ4v) is 3.78. The van der Waals surface area contributed by atoms with Crippen LogP contribution in [0.5, 0.6) is 0 Å². The summed E-state index contributed by atoms with van der Waals surface area (Å²) in [6.07, 6.45) is 10.2. The SMILES string of the molecule is C=C(C)/C=C(\C=C(/C)NC(=O)C1CCC1)c1cnc(N)c(C(=N)c2cc3ncccc3[nH]2)c1. The molecule has 0 saturated heterocycles. The van der Waals surface area contributed by atoms with Crippen LogP contribution in [-0.2, 0) is 4.79 Å². The maximum Gasteiger partial charge on any atom is 0.227 e. The second-order valence-electron chi connectivity index (χ2n) is 8.54. The Morgan fingerprint density at radius 3 is 2.73 bits per heavy atom. The molecule has 0 radical (unpaired) electrons. The van der Waals surface area contributed by atoms with E-state index in [0.717, 1.165) is 52.7 Å². The Morgan fingerprint density at radius 2 is 2.06 bits per heavy atom. The number of fused-ring (bicyclic) bond motifs is 1. The summed E-state index contributed by atoms with van der Waals surface area (Å²) in [6, 6.07) is 7.43. The van der Waals surface area contributed by atoms with Crippen molar-refractivity contribution in [3.8, 4) is 0 Å². The van der Waals surface area contributed by atoms with Crippen LogP contribution in [0.4, 0.5) is 5.82 Å². The fraction of sp³-hybridized carbons (Fsp3) is 0.231. The number of aromatic amines is 1. The van der Waals surface area contributed by atoms with E-state index in [4.69, 9.17) is 11.1 Å². The molecule has 7 heteroatoms. The highest BCUT2D eigenvalue weighted by Gasteiger charge is 2.25. The maximum atomic E-state index is 12.3. The average Bonchev–Trinajstić information content (AvgIpc) is 3.15. The number of pyridine rings is 2. The van der Waals surface area contributed by atoms with Crippen molar-refractivity contribution in [1.82, 2.24) is 20.3 Å². The highest BCUT2D eigenvalue weighted by Crippen LogP contribution is 2.27. The summed E-state index contributed by atoms with van der Waals surface area (Å²) in [5.74, 6) is 0.442. The van der Waals surface area contributed by atoms with Crippen LogP contribution in [-0.4, -0.2) is 26.6 Å². The molecule has 3 heterocycles. The molecule has 3 aromatic rings. The van der Waals surface area contributed by atoms with Crippen LogP contribution < -0.4 is 11.1 Å². The Balaban J connectivity index is 1.66. The lowest BCUT2D eigenvalue weighted by Gasteiger charge is -2.24. The number of nitrogens with zero attached hydrogens (tertiary/aromatic N) is 2. The van der Waals surface area contributed by atoms with Crippen molar-refractivity contribution >= 4 is 34.0 Å². The summed E-state index contributed by atoms with van der Waals surface area (Å²) in [7, 11) is 0. The number of carbonyl (C=O) groups excluding carboxylic acids is 1. The van der Waals surface area contributed by atoms with Crippen LogP contribution in [0, 0.1) is 11.3 Å². The van der Waals surface area contributed by atoms with Crippen LogP contribution in [0.3, 0.4) is 0 Å². The molecule has 33 heavy (non-hydrogen) atoms. The number of H-pyrrole nitrogens is 1. The van der Waals surface area contributed by atoms with Gasteiger partial charge in [-0.2, -0.15) is 0 Å². The van der Waals surface area contributed by atoms with E-state index < -0.39 is 0 Å². The lowest BCUT2D eigenvalue weighted by Crippen LogP contribution is -2.33. The first-order chi connectivity index (χ1) is 15.8. The highest BCUT2D eigenvalue weighted by atomic mass is 16.1. The molecule has 4 rings (SSSR count). The number of aromatic nitrogens is 3. The number of nitrogens with two attached hydrogens (primary N) is 1. The molecular formula is C26H28N6O. The molecule has 0 aromatic carbocycles. The summed E-state index contributed by atoms with van der Waals surface area (Å²) in [5.41, 5.74) is 12.3. The van der Waals surface area contributed by atoms with Gasteiger partial charge in [0.1, 0.15) is 5.82 Å². The third-order valence-corrected chi connectivity index (χ3v) is 5.75. The quantitative estimate of drug-likeness (QED) is 0.313. The third kappa shape index (κ3) is 4.92. The topological polar surface area (TPSA) is 121 Å². The molecule has 7 nitrogen and oxygen atoms in total. The van der Waals surface area contributed by atoms with Crippen LogP contribution in [0.1, 0.15) is 49.9 Å². The molecule has 5 N–H and O–H groups in total. The van der Waals surface area contributed by atoms with Crippen LogP contribution in [0.15, 0.2) is 66.7 Å². The van der Waals surface area contributed by atoms with E-state index in [1.807, 2.05) is 50.3 Å². The summed E-state index contributed by atoms with van der Waals surface area (Å²) in [6.45, 7) is 7.77. The van der Waals surface area contributed by atoms with Gasteiger partial charge in [-0.05, 0) is 62.6 Å². The lowest BCUT2D eigenvalue weighted by atomic mass is 9.85. The second kappa shape index (κ2) is 9.24. The molecule has 0 bridgehead atoms. The van der Waals surface area contributed by atoms with Crippen LogP contribution in [0.25, 0.3) is 16.6 Å². The van der Waals surface area contributed by atoms with Gasteiger partial charge in [-0.1, -0.05) is 24.6 Å². The molecule has 0 unspecified atom stereocenters. The molecule has 1 aliphatic rings. The smallest absolute Gasteiger partial charge is 0.227 e. The molecule has 3 aromatic heterocycles.